The molecule has 0 aliphatic heterocycles. The maximum atomic E-state index is 10.8. The monoisotopic (exact) mass is 950 g/mol. The van der Waals surface area contributed by atoms with Crippen molar-refractivity contribution in [1.82, 2.24) is 0 Å². The SMILES string of the molecule is CCCCCCCCCc1ccc(P(=O)([O-])[O-])cc1.CCCCCCCCCc1ccc(P(=O)([O-])[O-])cc1.CCCCCCCCCc1ccc(P(=O)([O-])[O-])cc1.[Cr+3].[Cr+3]. The molecule has 14 heteroatoms. The fraction of sp³-hybridized carbons (Fsp3) is 0.600. The van der Waals surface area contributed by atoms with E-state index in [1.165, 1.54) is 152 Å². The molecule has 0 saturated heterocycles. The zero-order valence-electron chi connectivity index (χ0n) is 35.7. The molecule has 0 aliphatic rings. The summed E-state index contributed by atoms with van der Waals surface area (Å²) in [6, 6.07) is 19.0. The van der Waals surface area contributed by atoms with Gasteiger partial charge in [-0.05, 0) is 93.9 Å². The summed E-state index contributed by atoms with van der Waals surface area (Å²) >= 11 is 0. The second-order valence-electron chi connectivity index (χ2n) is 15.1. The van der Waals surface area contributed by atoms with Crippen LogP contribution < -0.4 is 45.3 Å². The van der Waals surface area contributed by atoms with Crippen LogP contribution in [0.2, 0.25) is 0 Å². The third kappa shape index (κ3) is 31.6. The zero-order chi connectivity index (χ0) is 42.4. The molecule has 9 nitrogen and oxygen atoms in total. The Bertz CT molecular complexity index is 1380. The summed E-state index contributed by atoms with van der Waals surface area (Å²) in [5.41, 5.74) is 3.31. The van der Waals surface area contributed by atoms with E-state index >= 15 is 0 Å². The topological polar surface area (TPSA) is 190 Å². The van der Waals surface area contributed by atoms with E-state index in [9.17, 15) is 43.1 Å². The van der Waals surface area contributed by atoms with Gasteiger partial charge in [0.1, 0.15) is 0 Å². The number of unbranched alkanes of at least 4 members (excludes halogenated alkanes) is 18. The minimum atomic E-state index is -4.59. The van der Waals surface area contributed by atoms with Gasteiger partial charge in [-0.2, -0.15) is 0 Å². The van der Waals surface area contributed by atoms with Crippen molar-refractivity contribution in [2.24, 2.45) is 0 Å². The summed E-state index contributed by atoms with van der Waals surface area (Å²) < 4.78 is 32.4. The maximum absolute atomic E-state index is 10.8. The van der Waals surface area contributed by atoms with Crippen LogP contribution in [0.15, 0.2) is 72.8 Å². The normalized spacial score (nSPS) is 11.3. The third-order valence-electron chi connectivity index (χ3n) is 9.96. The quantitative estimate of drug-likeness (QED) is 0.0549. The molecule has 0 aliphatic carbocycles. The minimum absolute atomic E-state index is 0. The van der Waals surface area contributed by atoms with Crippen LogP contribution in [-0.2, 0) is 67.7 Å². The van der Waals surface area contributed by atoms with Gasteiger partial charge in [0.2, 0.25) is 0 Å². The molecule has 2 radical (unpaired) electrons. The van der Waals surface area contributed by atoms with Crippen LogP contribution >= 0.6 is 22.8 Å². The fourth-order valence-corrected chi connectivity index (χ4v) is 7.94. The second kappa shape index (κ2) is 35.6. The second-order valence-corrected chi connectivity index (χ2v) is 19.6. The smallest absolute Gasteiger partial charge is 0.807 e. The predicted molar refractivity (Wildman–Crippen MR) is 226 cm³/mol. The Kier molecular flexibility index (Phi) is 36.4. The first-order valence-corrected chi connectivity index (χ1v) is 26.1. The molecular weight excluding hydrogens is 881 g/mol. The molecule has 0 spiro atoms. The van der Waals surface area contributed by atoms with Crippen LogP contribution in [0, 0.1) is 0 Å². The predicted octanol–water partition coefficient (Wildman–Crippen LogP) is 7.55. The summed E-state index contributed by atoms with van der Waals surface area (Å²) in [6.07, 6.45) is 29.4. The van der Waals surface area contributed by atoms with E-state index in [1.807, 2.05) is 0 Å². The van der Waals surface area contributed by atoms with Crippen LogP contribution in [0.4, 0.5) is 0 Å². The number of aryl methyl sites for hydroxylation is 3. The Hall–Kier alpha value is -0.825. The summed E-state index contributed by atoms with van der Waals surface area (Å²) in [7, 11) is -13.8. The molecule has 3 aromatic carbocycles. The molecule has 3 aromatic rings. The van der Waals surface area contributed by atoms with Gasteiger partial charge in [-0.25, -0.2) is 0 Å². The first-order chi connectivity index (χ1) is 27.1. The molecule has 0 heterocycles. The molecular formula is C45H69Cr2O9P3. The number of hydrogen-bond donors (Lipinski definition) is 0. The average Bonchev–Trinajstić information content (AvgIpc) is 3.17. The van der Waals surface area contributed by atoms with Crippen LogP contribution in [0.1, 0.15) is 172 Å². The van der Waals surface area contributed by atoms with Crippen LogP contribution in [0.5, 0.6) is 0 Å². The Morgan fingerprint density at radius 3 is 0.644 bits per heavy atom. The number of benzene rings is 3. The number of hydrogen-bond acceptors (Lipinski definition) is 9. The van der Waals surface area contributed by atoms with E-state index < -0.39 is 22.8 Å². The van der Waals surface area contributed by atoms with Gasteiger partial charge in [0.15, 0.2) is 0 Å². The van der Waals surface area contributed by atoms with Gasteiger partial charge in [0, 0.05) is 0 Å². The summed E-state index contributed by atoms with van der Waals surface area (Å²) in [6.45, 7) is 6.64. The van der Waals surface area contributed by atoms with E-state index in [0.717, 1.165) is 55.2 Å². The molecule has 0 N–H and O–H groups in total. The molecule has 59 heavy (non-hydrogen) atoms. The van der Waals surface area contributed by atoms with E-state index in [2.05, 4.69) is 20.8 Å². The van der Waals surface area contributed by atoms with Crippen molar-refractivity contribution in [3.63, 3.8) is 0 Å². The molecule has 0 aromatic heterocycles. The maximum Gasteiger partial charge on any atom is 3.00 e. The van der Waals surface area contributed by atoms with Crippen molar-refractivity contribution in [3.05, 3.63) is 89.5 Å². The van der Waals surface area contributed by atoms with Gasteiger partial charge in [-0.1, -0.05) is 209 Å². The molecule has 0 unspecified atom stereocenters. The van der Waals surface area contributed by atoms with Gasteiger partial charge in [-0.15, -0.1) is 0 Å². The van der Waals surface area contributed by atoms with Crippen molar-refractivity contribution in [1.29, 1.82) is 0 Å². The van der Waals surface area contributed by atoms with Gasteiger partial charge < -0.3 is 43.1 Å². The van der Waals surface area contributed by atoms with E-state index in [4.69, 9.17) is 0 Å². The van der Waals surface area contributed by atoms with Gasteiger partial charge in [0.25, 0.3) is 0 Å². The molecule has 0 saturated carbocycles. The first kappa shape index (κ1) is 60.3. The zero-order valence-corrected chi connectivity index (χ0v) is 41.0. The van der Waals surface area contributed by atoms with Gasteiger partial charge in [-0.3, -0.25) is 0 Å². The molecule has 330 valence electrons. The molecule has 0 amide bonds. The summed E-state index contributed by atoms with van der Waals surface area (Å²) in [5, 5.41) is -0.345. The molecule has 0 atom stereocenters. The van der Waals surface area contributed by atoms with E-state index in [1.54, 1.807) is 36.4 Å². The standard InChI is InChI=1S/3C15H25O3P.2Cr/c3*1-2-3-4-5-6-7-8-9-14-10-12-15(13-11-14)19(16,17)18;;/h3*10-13H,2-9H2,1H3,(H2,16,17,18);;/q;;;2*+3/p-6. The Balaban J connectivity index is 0. The van der Waals surface area contributed by atoms with Crippen molar-refractivity contribution < 1.29 is 77.8 Å². The van der Waals surface area contributed by atoms with Crippen LogP contribution in [0.25, 0.3) is 0 Å². The molecule has 0 bridgehead atoms. The average molecular weight is 951 g/mol. The van der Waals surface area contributed by atoms with Crippen molar-refractivity contribution in [2.75, 3.05) is 0 Å². The number of rotatable bonds is 27. The third-order valence-corrected chi connectivity index (χ3v) is 12.8. The molecule has 3 rings (SSSR count). The largest absolute Gasteiger partial charge is 3.00 e. The fourth-order valence-electron chi connectivity index (χ4n) is 6.39. The van der Waals surface area contributed by atoms with E-state index in [0.29, 0.717) is 0 Å². The summed E-state index contributed by atoms with van der Waals surface area (Å²) in [4.78, 5) is 64.8. The van der Waals surface area contributed by atoms with Crippen molar-refractivity contribution >= 4 is 38.7 Å². The van der Waals surface area contributed by atoms with Crippen molar-refractivity contribution in [2.45, 2.75) is 175 Å². The Morgan fingerprint density at radius 1 is 0.305 bits per heavy atom. The summed E-state index contributed by atoms with van der Waals surface area (Å²) in [5.74, 6) is 0. The first-order valence-electron chi connectivity index (χ1n) is 21.5. The van der Waals surface area contributed by atoms with Gasteiger partial charge in [0.05, 0.1) is 0 Å². The minimum Gasteiger partial charge on any atom is -0.807 e. The Morgan fingerprint density at radius 2 is 0.475 bits per heavy atom. The molecule has 0 fully saturated rings. The van der Waals surface area contributed by atoms with Crippen molar-refractivity contribution in [3.8, 4) is 0 Å². The van der Waals surface area contributed by atoms with Gasteiger partial charge >= 0.3 is 34.7 Å². The van der Waals surface area contributed by atoms with Crippen LogP contribution in [0.3, 0.4) is 0 Å². The Labute approximate surface area is 378 Å². The van der Waals surface area contributed by atoms with E-state index in [-0.39, 0.29) is 50.6 Å². The van der Waals surface area contributed by atoms with Crippen LogP contribution in [-0.4, -0.2) is 0 Å².